The van der Waals surface area contributed by atoms with Crippen molar-refractivity contribution in [2.75, 3.05) is 17.7 Å². The number of rotatable bonds is 4. The lowest BCUT2D eigenvalue weighted by molar-refractivity contribution is -0.143. The van der Waals surface area contributed by atoms with Gasteiger partial charge in [0, 0.05) is 5.69 Å². The lowest BCUT2D eigenvalue weighted by Crippen LogP contribution is -2.28. The van der Waals surface area contributed by atoms with Crippen molar-refractivity contribution < 1.29 is 9.53 Å². The first-order chi connectivity index (χ1) is 8.08. The molecule has 0 saturated heterocycles. The maximum atomic E-state index is 11.4. The molecule has 1 unspecified atom stereocenters. The van der Waals surface area contributed by atoms with Gasteiger partial charge in [-0.15, -0.1) is 0 Å². The molecule has 1 rings (SSSR count). The van der Waals surface area contributed by atoms with Crippen molar-refractivity contribution in [3.05, 3.63) is 23.8 Å². The van der Waals surface area contributed by atoms with Gasteiger partial charge in [-0.3, -0.25) is 0 Å². The number of benzene rings is 1. The van der Waals surface area contributed by atoms with E-state index < -0.39 is 6.04 Å². The molecule has 0 aliphatic heterocycles. The van der Waals surface area contributed by atoms with Crippen LogP contribution in [0.4, 0.5) is 11.4 Å². The maximum Gasteiger partial charge on any atom is 0.328 e. The zero-order chi connectivity index (χ0) is 12.8. The lowest BCUT2D eigenvalue weighted by Gasteiger charge is -2.15. The summed E-state index contributed by atoms with van der Waals surface area (Å²) in [6.07, 6.45) is 0. The second-order valence-corrected chi connectivity index (χ2v) is 3.53. The molecule has 0 amide bonds. The number of carbonyl (C=O) groups excluding carboxylic acids is 1. The molecule has 5 nitrogen and oxygen atoms in total. The third-order valence-corrected chi connectivity index (χ3v) is 2.18. The van der Waals surface area contributed by atoms with Crippen molar-refractivity contribution in [3.8, 4) is 6.07 Å². The van der Waals surface area contributed by atoms with Crippen LogP contribution in [-0.4, -0.2) is 18.6 Å². The van der Waals surface area contributed by atoms with E-state index in [9.17, 15) is 4.79 Å². The van der Waals surface area contributed by atoms with Gasteiger partial charge in [0.15, 0.2) is 0 Å². The van der Waals surface area contributed by atoms with Gasteiger partial charge in [0.05, 0.1) is 17.9 Å². The van der Waals surface area contributed by atoms with Crippen LogP contribution < -0.4 is 11.1 Å². The molecule has 1 atom stereocenters. The number of esters is 1. The summed E-state index contributed by atoms with van der Waals surface area (Å²) in [5, 5.41) is 11.9. The highest BCUT2D eigenvalue weighted by Gasteiger charge is 2.15. The highest BCUT2D eigenvalue weighted by atomic mass is 16.5. The van der Waals surface area contributed by atoms with Gasteiger partial charge in [0.25, 0.3) is 0 Å². The Morgan fingerprint density at radius 3 is 2.94 bits per heavy atom. The number of nitrogens with zero attached hydrogens (tertiary/aromatic N) is 1. The van der Waals surface area contributed by atoms with Gasteiger partial charge >= 0.3 is 5.97 Å². The molecule has 0 radical (unpaired) electrons. The Bertz CT molecular complexity index is 452. The predicted molar refractivity (Wildman–Crippen MR) is 65.3 cm³/mol. The highest BCUT2D eigenvalue weighted by Crippen LogP contribution is 2.18. The fourth-order valence-electron chi connectivity index (χ4n) is 1.34. The van der Waals surface area contributed by atoms with E-state index >= 15 is 0 Å². The molecule has 1 aromatic carbocycles. The standard InChI is InChI=1S/C12H15N3O2/c1-3-17-12(16)8(2)15-11-5-4-10(14)6-9(11)7-13/h4-6,8,15H,3,14H2,1-2H3. The minimum absolute atomic E-state index is 0.331. The van der Waals surface area contributed by atoms with Crippen molar-refractivity contribution in [3.63, 3.8) is 0 Å². The second kappa shape index (κ2) is 5.75. The van der Waals surface area contributed by atoms with Gasteiger partial charge in [-0.05, 0) is 32.0 Å². The average molecular weight is 233 g/mol. The lowest BCUT2D eigenvalue weighted by atomic mass is 10.1. The largest absolute Gasteiger partial charge is 0.464 e. The zero-order valence-corrected chi connectivity index (χ0v) is 9.86. The Hall–Kier alpha value is -2.22. The predicted octanol–water partition coefficient (Wildman–Crippen LogP) is 1.50. The number of nitriles is 1. The number of carbonyl (C=O) groups is 1. The minimum atomic E-state index is -0.509. The fraction of sp³-hybridized carbons (Fsp3) is 0.333. The smallest absolute Gasteiger partial charge is 0.328 e. The van der Waals surface area contributed by atoms with Crippen LogP contribution in [0.25, 0.3) is 0 Å². The molecule has 0 heterocycles. The Balaban J connectivity index is 2.82. The number of anilines is 2. The third kappa shape index (κ3) is 3.38. The van der Waals surface area contributed by atoms with E-state index in [1.807, 2.05) is 6.07 Å². The van der Waals surface area contributed by atoms with Crippen LogP contribution in [0.15, 0.2) is 18.2 Å². The highest BCUT2D eigenvalue weighted by molar-refractivity contribution is 5.79. The Kier molecular flexibility index (Phi) is 4.35. The molecule has 0 aliphatic carbocycles. The normalized spacial score (nSPS) is 11.4. The van der Waals surface area contributed by atoms with Crippen LogP contribution in [-0.2, 0) is 9.53 Å². The van der Waals surface area contributed by atoms with E-state index in [0.29, 0.717) is 23.5 Å². The number of nitrogens with one attached hydrogen (secondary N) is 1. The van der Waals surface area contributed by atoms with Crippen LogP contribution >= 0.6 is 0 Å². The summed E-state index contributed by atoms with van der Waals surface area (Å²) < 4.78 is 4.86. The summed E-state index contributed by atoms with van der Waals surface area (Å²) in [5.74, 6) is -0.354. The van der Waals surface area contributed by atoms with Crippen LogP contribution in [0, 0.1) is 11.3 Å². The SMILES string of the molecule is CCOC(=O)C(C)Nc1ccc(N)cc1C#N. The van der Waals surface area contributed by atoms with E-state index in [1.54, 1.807) is 32.0 Å². The molecule has 3 N–H and O–H groups in total. The zero-order valence-electron chi connectivity index (χ0n) is 9.86. The number of nitrogen functional groups attached to an aromatic ring is 1. The molecule has 90 valence electrons. The molecule has 0 aromatic heterocycles. The first-order valence-electron chi connectivity index (χ1n) is 5.31. The molecular formula is C12H15N3O2. The molecule has 17 heavy (non-hydrogen) atoms. The Labute approximate surface area is 100 Å². The summed E-state index contributed by atoms with van der Waals surface area (Å²) in [6, 6.07) is 6.40. The summed E-state index contributed by atoms with van der Waals surface area (Å²) in [6.45, 7) is 3.75. The number of nitrogens with two attached hydrogens (primary N) is 1. The van der Waals surface area contributed by atoms with Crippen molar-refractivity contribution in [2.24, 2.45) is 0 Å². The van der Waals surface area contributed by atoms with E-state index in [-0.39, 0.29) is 5.97 Å². The van der Waals surface area contributed by atoms with Crippen molar-refractivity contribution in [2.45, 2.75) is 19.9 Å². The van der Waals surface area contributed by atoms with Gasteiger partial charge in [-0.2, -0.15) is 5.26 Å². The van der Waals surface area contributed by atoms with E-state index in [0.717, 1.165) is 0 Å². The maximum absolute atomic E-state index is 11.4. The summed E-state index contributed by atoms with van der Waals surface area (Å²) in [5.41, 5.74) is 7.06. The van der Waals surface area contributed by atoms with Gasteiger partial charge in [0.2, 0.25) is 0 Å². The van der Waals surface area contributed by atoms with Crippen LogP contribution in [0.5, 0.6) is 0 Å². The van der Waals surface area contributed by atoms with E-state index in [4.69, 9.17) is 15.7 Å². The number of hydrogen-bond acceptors (Lipinski definition) is 5. The van der Waals surface area contributed by atoms with Gasteiger partial charge in [-0.1, -0.05) is 0 Å². The van der Waals surface area contributed by atoms with E-state index in [1.165, 1.54) is 0 Å². The molecule has 0 fully saturated rings. The van der Waals surface area contributed by atoms with Gasteiger partial charge in [-0.25, -0.2) is 4.79 Å². The Morgan fingerprint density at radius 1 is 1.65 bits per heavy atom. The molecule has 0 aliphatic rings. The number of ether oxygens (including phenoxy) is 1. The van der Waals surface area contributed by atoms with Gasteiger partial charge < -0.3 is 15.8 Å². The topological polar surface area (TPSA) is 88.1 Å². The Morgan fingerprint density at radius 2 is 2.35 bits per heavy atom. The monoisotopic (exact) mass is 233 g/mol. The van der Waals surface area contributed by atoms with Gasteiger partial charge in [0.1, 0.15) is 12.1 Å². The summed E-state index contributed by atoms with van der Waals surface area (Å²) in [4.78, 5) is 11.4. The average Bonchev–Trinajstić information content (AvgIpc) is 2.31. The van der Waals surface area contributed by atoms with Crippen molar-refractivity contribution in [1.29, 1.82) is 5.26 Å². The molecule has 0 spiro atoms. The number of hydrogen-bond donors (Lipinski definition) is 2. The van der Waals surface area contributed by atoms with Crippen LogP contribution in [0.2, 0.25) is 0 Å². The first kappa shape index (κ1) is 12.8. The molecule has 0 bridgehead atoms. The molecular weight excluding hydrogens is 218 g/mol. The quantitative estimate of drug-likeness (QED) is 0.607. The first-order valence-corrected chi connectivity index (χ1v) is 5.31. The summed E-state index contributed by atoms with van der Waals surface area (Å²) >= 11 is 0. The summed E-state index contributed by atoms with van der Waals surface area (Å²) in [7, 11) is 0. The molecule has 5 heteroatoms. The third-order valence-electron chi connectivity index (χ3n) is 2.18. The van der Waals surface area contributed by atoms with Crippen molar-refractivity contribution >= 4 is 17.3 Å². The van der Waals surface area contributed by atoms with E-state index in [2.05, 4.69) is 5.32 Å². The molecule has 1 aromatic rings. The van der Waals surface area contributed by atoms with Crippen LogP contribution in [0.1, 0.15) is 19.4 Å². The second-order valence-electron chi connectivity index (χ2n) is 3.53. The van der Waals surface area contributed by atoms with Crippen molar-refractivity contribution in [1.82, 2.24) is 0 Å². The van der Waals surface area contributed by atoms with Crippen LogP contribution in [0.3, 0.4) is 0 Å². The molecule has 0 saturated carbocycles. The fourth-order valence-corrected chi connectivity index (χ4v) is 1.34. The minimum Gasteiger partial charge on any atom is -0.464 e.